The third kappa shape index (κ3) is 4.20. The molecule has 1 aliphatic heterocycles. The smallest absolute Gasteiger partial charge is 0.191 e. The van der Waals surface area contributed by atoms with Crippen LogP contribution >= 0.6 is 15.9 Å². The van der Waals surface area contributed by atoms with Gasteiger partial charge in [-0.3, -0.25) is 0 Å². The lowest BCUT2D eigenvalue weighted by Crippen LogP contribution is -2.43. The van der Waals surface area contributed by atoms with Crippen molar-refractivity contribution in [2.75, 3.05) is 13.1 Å². The summed E-state index contributed by atoms with van der Waals surface area (Å²) in [4.78, 5) is 6.48. The van der Waals surface area contributed by atoms with E-state index < -0.39 is 0 Å². The summed E-state index contributed by atoms with van der Waals surface area (Å²) < 4.78 is 14.0. The quantitative estimate of drug-likeness (QED) is 0.669. The van der Waals surface area contributed by atoms with Gasteiger partial charge in [-0.2, -0.15) is 0 Å². The maximum atomic E-state index is 13.2. The monoisotopic (exact) mass is 327 g/mol. The van der Waals surface area contributed by atoms with Crippen molar-refractivity contribution in [3.63, 3.8) is 0 Å². The van der Waals surface area contributed by atoms with Crippen LogP contribution < -0.4 is 5.73 Å². The van der Waals surface area contributed by atoms with Crippen molar-refractivity contribution in [3.8, 4) is 0 Å². The number of guanidine groups is 1. The number of halogens is 2. The molecule has 0 bridgehead atoms. The molecular weight excluding hydrogens is 309 g/mol. The lowest BCUT2D eigenvalue weighted by molar-refractivity contribution is 0.270. The fourth-order valence-corrected chi connectivity index (χ4v) is 2.88. The van der Waals surface area contributed by atoms with Gasteiger partial charge in [-0.1, -0.05) is 22.9 Å². The first-order valence-electron chi connectivity index (χ1n) is 6.54. The lowest BCUT2D eigenvalue weighted by atomic mass is 10.0. The van der Waals surface area contributed by atoms with Gasteiger partial charge in [-0.25, -0.2) is 9.38 Å². The molecule has 5 heteroatoms. The molecule has 2 rings (SSSR count). The summed E-state index contributed by atoms with van der Waals surface area (Å²) in [6.45, 7) is 4.56. The van der Waals surface area contributed by atoms with Gasteiger partial charge in [0.15, 0.2) is 5.96 Å². The van der Waals surface area contributed by atoms with Gasteiger partial charge in [-0.15, -0.1) is 0 Å². The Bertz CT molecular complexity index is 456. The Labute approximate surface area is 121 Å². The van der Waals surface area contributed by atoms with Crippen LogP contribution in [0.4, 0.5) is 4.39 Å². The second-order valence-corrected chi connectivity index (χ2v) is 6.06. The predicted molar refractivity (Wildman–Crippen MR) is 79.4 cm³/mol. The maximum Gasteiger partial charge on any atom is 0.191 e. The first-order valence-corrected chi connectivity index (χ1v) is 7.33. The van der Waals surface area contributed by atoms with Gasteiger partial charge in [0.05, 0.1) is 6.54 Å². The molecule has 104 valence electrons. The van der Waals surface area contributed by atoms with E-state index in [1.165, 1.54) is 18.6 Å². The number of aliphatic imine (C=N–C) groups is 1. The van der Waals surface area contributed by atoms with Gasteiger partial charge in [0.2, 0.25) is 0 Å². The molecule has 0 saturated carbocycles. The number of hydrogen-bond donors (Lipinski definition) is 1. The van der Waals surface area contributed by atoms with E-state index >= 15 is 0 Å². The minimum Gasteiger partial charge on any atom is -0.370 e. The molecule has 1 unspecified atom stereocenters. The van der Waals surface area contributed by atoms with Gasteiger partial charge in [0.1, 0.15) is 5.82 Å². The summed E-state index contributed by atoms with van der Waals surface area (Å²) in [5, 5.41) is 0. The molecule has 0 spiro atoms. The molecule has 0 aromatic heterocycles. The zero-order valence-electron chi connectivity index (χ0n) is 11.1. The maximum absolute atomic E-state index is 13.2. The second-order valence-electron chi connectivity index (χ2n) is 5.15. The van der Waals surface area contributed by atoms with Crippen molar-refractivity contribution in [1.29, 1.82) is 0 Å². The van der Waals surface area contributed by atoms with Gasteiger partial charge in [0.25, 0.3) is 0 Å². The zero-order chi connectivity index (χ0) is 13.8. The molecule has 2 N–H and O–H groups in total. The molecule has 1 aromatic rings. The van der Waals surface area contributed by atoms with Crippen molar-refractivity contribution in [2.24, 2.45) is 16.6 Å². The van der Waals surface area contributed by atoms with Gasteiger partial charge < -0.3 is 10.6 Å². The Balaban J connectivity index is 2.00. The molecule has 0 amide bonds. The van der Waals surface area contributed by atoms with E-state index in [-0.39, 0.29) is 5.82 Å². The number of likely N-dealkylation sites (tertiary alicyclic amines) is 1. The van der Waals surface area contributed by atoms with Crippen LogP contribution in [0.25, 0.3) is 0 Å². The Morgan fingerprint density at radius 2 is 2.32 bits per heavy atom. The Morgan fingerprint density at radius 3 is 3.00 bits per heavy atom. The van der Waals surface area contributed by atoms with E-state index in [2.05, 4.69) is 32.7 Å². The van der Waals surface area contributed by atoms with E-state index in [1.54, 1.807) is 0 Å². The average Bonchev–Trinajstić information content (AvgIpc) is 2.35. The van der Waals surface area contributed by atoms with Crippen molar-refractivity contribution in [2.45, 2.75) is 26.3 Å². The number of hydrogen-bond acceptors (Lipinski definition) is 1. The van der Waals surface area contributed by atoms with Gasteiger partial charge in [-0.05, 0) is 42.5 Å². The summed E-state index contributed by atoms with van der Waals surface area (Å²) in [5.74, 6) is 0.961. The number of benzene rings is 1. The SMILES string of the molecule is CC1CCCN(C(N)=NCc2cc(F)cc(Br)c2)C1. The molecule has 1 fully saturated rings. The van der Waals surface area contributed by atoms with Crippen molar-refractivity contribution in [1.82, 2.24) is 4.90 Å². The Kier molecular flexibility index (Phi) is 4.80. The van der Waals surface area contributed by atoms with E-state index in [4.69, 9.17) is 5.73 Å². The molecule has 3 nitrogen and oxygen atoms in total. The molecule has 0 aliphatic carbocycles. The van der Waals surface area contributed by atoms with Crippen molar-refractivity contribution < 1.29 is 4.39 Å². The predicted octanol–water partition coefficient (Wildman–Crippen LogP) is 3.13. The molecule has 0 radical (unpaired) electrons. The Morgan fingerprint density at radius 1 is 1.53 bits per heavy atom. The average molecular weight is 328 g/mol. The van der Waals surface area contributed by atoms with Crippen molar-refractivity contribution >= 4 is 21.9 Å². The fraction of sp³-hybridized carbons (Fsp3) is 0.500. The topological polar surface area (TPSA) is 41.6 Å². The molecule has 1 aliphatic rings. The molecular formula is C14H19BrFN3. The summed E-state index contributed by atoms with van der Waals surface area (Å²) in [6.07, 6.45) is 2.41. The first-order chi connectivity index (χ1) is 9.04. The van der Waals surface area contributed by atoms with Crippen LogP contribution in [0.15, 0.2) is 27.7 Å². The molecule has 19 heavy (non-hydrogen) atoms. The molecule has 1 heterocycles. The third-order valence-electron chi connectivity index (χ3n) is 3.33. The third-order valence-corrected chi connectivity index (χ3v) is 3.78. The highest BCUT2D eigenvalue weighted by Gasteiger charge is 2.17. The van der Waals surface area contributed by atoms with E-state index in [1.807, 2.05) is 6.07 Å². The number of rotatable bonds is 2. The van der Waals surface area contributed by atoms with E-state index in [0.29, 0.717) is 18.4 Å². The highest BCUT2D eigenvalue weighted by Crippen LogP contribution is 2.17. The summed E-state index contributed by atoms with van der Waals surface area (Å²) in [7, 11) is 0. The van der Waals surface area contributed by atoms with Crippen LogP contribution in [-0.4, -0.2) is 23.9 Å². The first kappa shape index (κ1) is 14.3. The van der Waals surface area contributed by atoms with Crippen LogP contribution in [0.5, 0.6) is 0 Å². The lowest BCUT2D eigenvalue weighted by Gasteiger charge is -2.31. The highest BCUT2D eigenvalue weighted by molar-refractivity contribution is 9.10. The van der Waals surface area contributed by atoms with Crippen LogP contribution in [0, 0.1) is 11.7 Å². The minimum atomic E-state index is -0.259. The molecule has 1 saturated heterocycles. The zero-order valence-corrected chi connectivity index (χ0v) is 12.7. The van der Waals surface area contributed by atoms with Crippen LogP contribution in [0.1, 0.15) is 25.3 Å². The number of nitrogens with zero attached hydrogens (tertiary/aromatic N) is 2. The van der Waals surface area contributed by atoms with E-state index in [0.717, 1.165) is 29.5 Å². The fourth-order valence-electron chi connectivity index (χ4n) is 2.37. The highest BCUT2D eigenvalue weighted by atomic mass is 79.9. The number of nitrogens with two attached hydrogens (primary N) is 1. The largest absolute Gasteiger partial charge is 0.370 e. The van der Waals surface area contributed by atoms with Crippen LogP contribution in [0.2, 0.25) is 0 Å². The van der Waals surface area contributed by atoms with Gasteiger partial charge in [0, 0.05) is 17.6 Å². The second kappa shape index (κ2) is 6.37. The summed E-state index contributed by atoms with van der Waals surface area (Å²) >= 11 is 3.27. The standard InChI is InChI=1S/C14H19BrFN3/c1-10-3-2-4-19(9-10)14(17)18-8-11-5-12(15)7-13(16)6-11/h5-7,10H,2-4,8-9H2,1H3,(H2,17,18). The van der Waals surface area contributed by atoms with Gasteiger partial charge >= 0.3 is 0 Å². The minimum absolute atomic E-state index is 0.259. The normalized spacial score (nSPS) is 20.7. The molecule has 1 atom stereocenters. The summed E-state index contributed by atoms with van der Waals surface area (Å²) in [5.41, 5.74) is 6.82. The number of piperidine rings is 1. The van der Waals surface area contributed by atoms with Crippen molar-refractivity contribution in [3.05, 3.63) is 34.1 Å². The van der Waals surface area contributed by atoms with E-state index in [9.17, 15) is 4.39 Å². The molecule has 1 aromatic carbocycles. The van der Waals surface area contributed by atoms with Crippen LogP contribution in [-0.2, 0) is 6.54 Å². The Hall–Kier alpha value is -1.10. The summed E-state index contributed by atoms with van der Waals surface area (Å²) in [6, 6.07) is 4.78. The van der Waals surface area contributed by atoms with Crippen LogP contribution in [0.3, 0.4) is 0 Å².